The first-order valence-corrected chi connectivity index (χ1v) is 9.06. The zero-order valence-electron chi connectivity index (χ0n) is 13.4. The first-order chi connectivity index (χ1) is 11.4. The van der Waals surface area contributed by atoms with Gasteiger partial charge in [-0.2, -0.15) is 4.31 Å². The second-order valence-electron chi connectivity index (χ2n) is 5.51. The van der Waals surface area contributed by atoms with E-state index in [9.17, 15) is 17.6 Å². The Morgan fingerprint density at radius 3 is 2.92 bits per heavy atom. The van der Waals surface area contributed by atoms with Gasteiger partial charge >= 0.3 is 0 Å². The van der Waals surface area contributed by atoms with Gasteiger partial charge in [-0.3, -0.25) is 4.79 Å². The SMILES string of the molecule is COc1ccc(F)cc1S(=O)(=O)N1CCC[C@@H](C(=O)NCCO)C1. The zero-order valence-corrected chi connectivity index (χ0v) is 14.2. The highest BCUT2D eigenvalue weighted by molar-refractivity contribution is 7.89. The number of hydrogen-bond donors (Lipinski definition) is 2. The molecule has 0 radical (unpaired) electrons. The smallest absolute Gasteiger partial charge is 0.246 e. The predicted molar refractivity (Wildman–Crippen MR) is 84.5 cm³/mol. The van der Waals surface area contributed by atoms with E-state index in [1.165, 1.54) is 17.5 Å². The van der Waals surface area contributed by atoms with E-state index >= 15 is 0 Å². The van der Waals surface area contributed by atoms with Gasteiger partial charge < -0.3 is 15.2 Å². The van der Waals surface area contributed by atoms with Crippen LogP contribution in [0.5, 0.6) is 5.75 Å². The number of rotatable bonds is 6. The summed E-state index contributed by atoms with van der Waals surface area (Å²) in [6, 6.07) is 3.31. The van der Waals surface area contributed by atoms with Crippen LogP contribution in [0.25, 0.3) is 0 Å². The van der Waals surface area contributed by atoms with Gasteiger partial charge in [-0.25, -0.2) is 12.8 Å². The van der Waals surface area contributed by atoms with Crippen molar-refractivity contribution in [3.05, 3.63) is 24.0 Å². The highest BCUT2D eigenvalue weighted by Crippen LogP contribution is 2.30. The molecule has 0 saturated carbocycles. The minimum Gasteiger partial charge on any atom is -0.495 e. The van der Waals surface area contributed by atoms with Crippen LogP contribution in [0.4, 0.5) is 4.39 Å². The number of carbonyl (C=O) groups excluding carboxylic acids is 1. The molecule has 0 bridgehead atoms. The fraction of sp³-hybridized carbons (Fsp3) is 0.533. The normalized spacial score (nSPS) is 19.0. The molecule has 1 fully saturated rings. The van der Waals surface area contributed by atoms with Gasteiger partial charge in [0.25, 0.3) is 0 Å². The third-order valence-electron chi connectivity index (χ3n) is 3.91. The number of sulfonamides is 1. The first kappa shape index (κ1) is 18.6. The van der Waals surface area contributed by atoms with Crippen molar-refractivity contribution in [2.24, 2.45) is 5.92 Å². The lowest BCUT2D eigenvalue weighted by molar-refractivity contribution is -0.126. The molecule has 24 heavy (non-hydrogen) atoms. The largest absolute Gasteiger partial charge is 0.495 e. The van der Waals surface area contributed by atoms with Gasteiger partial charge in [0, 0.05) is 19.6 Å². The minimum absolute atomic E-state index is 0.0132. The van der Waals surface area contributed by atoms with Gasteiger partial charge in [0.15, 0.2) is 0 Å². The Morgan fingerprint density at radius 2 is 2.25 bits per heavy atom. The van der Waals surface area contributed by atoms with Crippen LogP contribution in [0.3, 0.4) is 0 Å². The molecule has 1 amide bonds. The van der Waals surface area contributed by atoms with Crippen molar-refractivity contribution in [1.29, 1.82) is 0 Å². The lowest BCUT2D eigenvalue weighted by Crippen LogP contribution is -2.45. The molecule has 1 heterocycles. The number of nitrogens with one attached hydrogen (secondary N) is 1. The molecule has 1 saturated heterocycles. The van der Waals surface area contributed by atoms with Crippen molar-refractivity contribution in [1.82, 2.24) is 9.62 Å². The average molecular weight is 360 g/mol. The average Bonchev–Trinajstić information content (AvgIpc) is 2.59. The topological polar surface area (TPSA) is 95.9 Å². The monoisotopic (exact) mass is 360 g/mol. The molecule has 1 aliphatic rings. The number of benzene rings is 1. The quantitative estimate of drug-likeness (QED) is 0.763. The maximum absolute atomic E-state index is 13.5. The van der Waals surface area contributed by atoms with Crippen molar-refractivity contribution < 1.29 is 27.4 Å². The van der Waals surface area contributed by atoms with Gasteiger partial charge in [-0.15, -0.1) is 0 Å². The molecular weight excluding hydrogens is 339 g/mol. The van der Waals surface area contributed by atoms with Crippen LogP contribution < -0.4 is 10.1 Å². The Kier molecular flexibility index (Phi) is 6.14. The van der Waals surface area contributed by atoms with Crippen molar-refractivity contribution >= 4 is 15.9 Å². The van der Waals surface area contributed by atoms with E-state index in [-0.39, 0.29) is 42.8 Å². The number of aliphatic hydroxyl groups excluding tert-OH is 1. The maximum Gasteiger partial charge on any atom is 0.246 e. The molecule has 2 rings (SSSR count). The minimum atomic E-state index is -3.98. The second kappa shape index (κ2) is 7.91. The summed E-state index contributed by atoms with van der Waals surface area (Å²) in [5.41, 5.74) is 0. The molecule has 1 aromatic rings. The van der Waals surface area contributed by atoms with Gasteiger partial charge in [0.1, 0.15) is 16.5 Å². The van der Waals surface area contributed by atoms with E-state index in [1.807, 2.05) is 0 Å². The summed E-state index contributed by atoms with van der Waals surface area (Å²) in [4.78, 5) is 11.8. The van der Waals surface area contributed by atoms with Crippen LogP contribution in [0.1, 0.15) is 12.8 Å². The molecular formula is C15H21FN2O5S. The maximum atomic E-state index is 13.5. The molecule has 7 nitrogen and oxygen atoms in total. The predicted octanol–water partition coefficient (Wildman–Crippen LogP) is 0.344. The Hall–Kier alpha value is -1.71. The number of methoxy groups -OCH3 is 1. The molecule has 0 aliphatic carbocycles. The highest BCUT2D eigenvalue weighted by atomic mass is 32.2. The molecule has 0 aromatic heterocycles. The van der Waals surface area contributed by atoms with Gasteiger partial charge in [0.2, 0.25) is 15.9 Å². The Balaban J connectivity index is 2.23. The van der Waals surface area contributed by atoms with Gasteiger partial charge in [-0.05, 0) is 31.0 Å². The number of ether oxygens (including phenoxy) is 1. The molecule has 134 valence electrons. The van der Waals surface area contributed by atoms with E-state index in [0.29, 0.717) is 12.8 Å². The summed E-state index contributed by atoms with van der Waals surface area (Å²) in [5, 5.41) is 11.3. The number of aliphatic hydroxyl groups is 1. The van der Waals surface area contributed by atoms with Crippen LogP contribution in [0.15, 0.2) is 23.1 Å². The van der Waals surface area contributed by atoms with Crippen LogP contribution in [0.2, 0.25) is 0 Å². The number of hydrogen-bond acceptors (Lipinski definition) is 5. The lowest BCUT2D eigenvalue weighted by Gasteiger charge is -2.31. The van der Waals surface area contributed by atoms with Crippen molar-refractivity contribution in [2.45, 2.75) is 17.7 Å². The Bertz CT molecular complexity index is 695. The number of amides is 1. The van der Waals surface area contributed by atoms with E-state index in [0.717, 1.165) is 12.1 Å². The van der Waals surface area contributed by atoms with E-state index < -0.39 is 21.8 Å². The first-order valence-electron chi connectivity index (χ1n) is 7.62. The van der Waals surface area contributed by atoms with Gasteiger partial charge in [-0.1, -0.05) is 0 Å². The molecule has 0 spiro atoms. The van der Waals surface area contributed by atoms with Crippen molar-refractivity contribution in [3.8, 4) is 5.75 Å². The Morgan fingerprint density at radius 1 is 1.50 bits per heavy atom. The molecule has 9 heteroatoms. The van der Waals surface area contributed by atoms with Crippen molar-refractivity contribution in [3.63, 3.8) is 0 Å². The number of nitrogens with zero attached hydrogens (tertiary/aromatic N) is 1. The summed E-state index contributed by atoms with van der Waals surface area (Å²) >= 11 is 0. The summed E-state index contributed by atoms with van der Waals surface area (Å²) in [5.74, 6) is -1.42. The van der Waals surface area contributed by atoms with Crippen LogP contribution in [0, 0.1) is 11.7 Å². The fourth-order valence-electron chi connectivity index (χ4n) is 2.69. The summed E-state index contributed by atoms with van der Waals surface area (Å²) in [6.07, 6.45) is 1.08. The zero-order chi connectivity index (χ0) is 17.7. The summed E-state index contributed by atoms with van der Waals surface area (Å²) in [7, 11) is -2.66. The lowest BCUT2D eigenvalue weighted by atomic mass is 9.99. The van der Waals surface area contributed by atoms with Crippen LogP contribution in [-0.2, 0) is 14.8 Å². The van der Waals surface area contributed by atoms with E-state index in [2.05, 4.69) is 5.32 Å². The van der Waals surface area contributed by atoms with Crippen LogP contribution in [-0.4, -0.2) is 57.1 Å². The van der Waals surface area contributed by atoms with E-state index in [1.54, 1.807) is 0 Å². The van der Waals surface area contributed by atoms with E-state index in [4.69, 9.17) is 9.84 Å². The van der Waals surface area contributed by atoms with Crippen molar-refractivity contribution in [2.75, 3.05) is 33.4 Å². The molecule has 1 aliphatic heterocycles. The molecule has 1 atom stereocenters. The second-order valence-corrected chi connectivity index (χ2v) is 7.42. The molecule has 0 unspecified atom stereocenters. The molecule has 2 N–H and O–H groups in total. The summed E-state index contributed by atoms with van der Waals surface area (Å²) in [6.45, 7) is 0.214. The summed E-state index contributed by atoms with van der Waals surface area (Å²) < 4.78 is 45.3. The Labute approximate surface area is 140 Å². The highest BCUT2D eigenvalue weighted by Gasteiger charge is 2.34. The fourth-order valence-corrected chi connectivity index (χ4v) is 4.38. The van der Waals surface area contributed by atoms with Crippen LogP contribution >= 0.6 is 0 Å². The third-order valence-corrected chi connectivity index (χ3v) is 5.80. The number of halogens is 1. The molecule has 1 aromatic carbocycles. The number of carbonyl (C=O) groups is 1. The van der Waals surface area contributed by atoms with Gasteiger partial charge in [0.05, 0.1) is 19.6 Å². The third kappa shape index (κ3) is 4.03. The number of piperidine rings is 1. The standard InChI is InChI=1S/C15H21FN2O5S/c1-23-13-5-4-12(16)9-14(13)24(21,22)18-7-2-3-11(10-18)15(20)17-6-8-19/h4-5,9,11,19H,2-3,6-8,10H2,1H3,(H,17,20)/t11-/m1/s1.